The van der Waals surface area contributed by atoms with Crippen LogP contribution in [0.2, 0.25) is 0 Å². The summed E-state index contributed by atoms with van der Waals surface area (Å²) in [7, 11) is 1.52. The highest BCUT2D eigenvalue weighted by atomic mass is 16.5. The van der Waals surface area contributed by atoms with Crippen molar-refractivity contribution in [3.63, 3.8) is 0 Å². The van der Waals surface area contributed by atoms with Crippen LogP contribution in [0.4, 0.5) is 5.69 Å². The summed E-state index contributed by atoms with van der Waals surface area (Å²) >= 11 is 0. The van der Waals surface area contributed by atoms with E-state index < -0.39 is 0 Å². The lowest BCUT2D eigenvalue weighted by atomic mass is 10.2. The Morgan fingerprint density at radius 3 is 2.80 bits per heavy atom. The van der Waals surface area contributed by atoms with Crippen LogP contribution in [0, 0.1) is 0 Å². The zero-order valence-corrected chi connectivity index (χ0v) is 8.68. The molecule has 0 radical (unpaired) electrons. The number of aliphatic hydroxyl groups is 1. The first kappa shape index (κ1) is 10.1. The summed E-state index contributed by atoms with van der Waals surface area (Å²) in [6, 6.07) is 5.28. The van der Waals surface area contributed by atoms with Crippen molar-refractivity contribution in [1.29, 1.82) is 0 Å². The van der Waals surface area contributed by atoms with E-state index in [2.05, 4.69) is 0 Å². The molecule has 2 rings (SSSR count). The highest BCUT2D eigenvalue weighted by molar-refractivity contribution is 5.56. The minimum Gasteiger partial charge on any atom is -0.504 e. The van der Waals surface area contributed by atoms with E-state index >= 15 is 0 Å². The number of rotatable bonds is 2. The number of phenolic OH excluding ortho intramolecular Hbond substituents is 1. The molecule has 0 aliphatic carbocycles. The van der Waals surface area contributed by atoms with Gasteiger partial charge in [-0.3, -0.25) is 0 Å². The predicted octanol–water partition coefficient (Wildman–Crippen LogP) is 0.972. The van der Waals surface area contributed by atoms with Gasteiger partial charge in [0, 0.05) is 24.8 Å². The number of methoxy groups -OCH3 is 1. The van der Waals surface area contributed by atoms with Gasteiger partial charge in [0.15, 0.2) is 11.5 Å². The van der Waals surface area contributed by atoms with Crippen molar-refractivity contribution in [3.8, 4) is 11.5 Å². The van der Waals surface area contributed by atoms with Crippen molar-refractivity contribution in [2.75, 3.05) is 25.1 Å². The number of β-amino-alcohol motifs (C(OH)–C–C–N with tert-alkyl or cyclic N) is 1. The first-order valence-corrected chi connectivity index (χ1v) is 5.00. The van der Waals surface area contributed by atoms with Gasteiger partial charge in [0.25, 0.3) is 0 Å². The topological polar surface area (TPSA) is 52.9 Å². The molecule has 2 N–H and O–H groups in total. The van der Waals surface area contributed by atoms with Crippen LogP contribution in [0.1, 0.15) is 6.42 Å². The van der Waals surface area contributed by atoms with Crippen LogP contribution in [-0.2, 0) is 0 Å². The first-order valence-electron chi connectivity index (χ1n) is 5.00. The van der Waals surface area contributed by atoms with Gasteiger partial charge in [0.05, 0.1) is 13.2 Å². The number of benzene rings is 1. The number of hydrogen-bond donors (Lipinski definition) is 2. The summed E-state index contributed by atoms with van der Waals surface area (Å²) in [5, 5.41) is 19.0. The number of ether oxygens (including phenoxy) is 1. The number of aliphatic hydroxyl groups excluding tert-OH is 1. The van der Waals surface area contributed by atoms with E-state index in [1.165, 1.54) is 7.11 Å². The number of hydrogen-bond acceptors (Lipinski definition) is 4. The fourth-order valence-electron chi connectivity index (χ4n) is 1.85. The summed E-state index contributed by atoms with van der Waals surface area (Å²) in [6.07, 6.45) is 0.529. The van der Waals surface area contributed by atoms with Crippen molar-refractivity contribution < 1.29 is 14.9 Å². The highest BCUT2D eigenvalue weighted by Crippen LogP contribution is 2.31. The largest absolute Gasteiger partial charge is 0.504 e. The molecule has 1 unspecified atom stereocenters. The fraction of sp³-hybridized carbons (Fsp3) is 0.455. The van der Waals surface area contributed by atoms with E-state index in [-0.39, 0.29) is 11.9 Å². The van der Waals surface area contributed by atoms with E-state index in [0.29, 0.717) is 12.3 Å². The molecule has 4 heteroatoms. The molecule has 1 atom stereocenters. The maximum atomic E-state index is 9.60. The number of phenols is 1. The molecule has 1 saturated heterocycles. The Hall–Kier alpha value is -1.42. The van der Waals surface area contributed by atoms with E-state index in [4.69, 9.17) is 4.74 Å². The summed E-state index contributed by atoms with van der Waals surface area (Å²) in [5.74, 6) is 0.606. The van der Waals surface area contributed by atoms with E-state index in [9.17, 15) is 10.2 Å². The lowest BCUT2D eigenvalue weighted by Gasteiger charge is -2.18. The molecule has 1 aromatic carbocycles. The van der Waals surface area contributed by atoms with Crippen LogP contribution in [0.3, 0.4) is 0 Å². The van der Waals surface area contributed by atoms with Crippen LogP contribution in [0.5, 0.6) is 11.5 Å². The van der Waals surface area contributed by atoms with Gasteiger partial charge in [0.2, 0.25) is 0 Å². The second-order valence-corrected chi connectivity index (χ2v) is 3.74. The second kappa shape index (κ2) is 3.98. The molecular formula is C11H15NO3. The summed E-state index contributed by atoms with van der Waals surface area (Å²) in [6.45, 7) is 1.46. The van der Waals surface area contributed by atoms with Gasteiger partial charge in [-0.15, -0.1) is 0 Å². The van der Waals surface area contributed by atoms with Crippen LogP contribution in [-0.4, -0.2) is 36.5 Å². The molecule has 4 nitrogen and oxygen atoms in total. The Balaban J connectivity index is 2.19. The van der Waals surface area contributed by atoms with Gasteiger partial charge in [-0.2, -0.15) is 0 Å². The Bertz CT molecular complexity index is 354. The maximum Gasteiger partial charge on any atom is 0.160 e. The van der Waals surface area contributed by atoms with Gasteiger partial charge in [-0.25, -0.2) is 0 Å². The van der Waals surface area contributed by atoms with Crippen molar-refractivity contribution in [3.05, 3.63) is 18.2 Å². The summed E-state index contributed by atoms with van der Waals surface area (Å²) < 4.78 is 4.97. The maximum absolute atomic E-state index is 9.60. The molecule has 0 bridgehead atoms. The normalized spacial score (nSPS) is 20.7. The predicted molar refractivity (Wildman–Crippen MR) is 57.5 cm³/mol. The Morgan fingerprint density at radius 1 is 1.47 bits per heavy atom. The Labute approximate surface area is 88.7 Å². The third-order valence-corrected chi connectivity index (χ3v) is 2.69. The fourth-order valence-corrected chi connectivity index (χ4v) is 1.85. The lowest BCUT2D eigenvalue weighted by molar-refractivity contribution is 0.198. The van der Waals surface area contributed by atoms with Crippen molar-refractivity contribution in [1.82, 2.24) is 0 Å². The smallest absolute Gasteiger partial charge is 0.160 e. The molecule has 1 fully saturated rings. The molecule has 1 aliphatic heterocycles. The molecule has 0 spiro atoms. The molecule has 0 aromatic heterocycles. The van der Waals surface area contributed by atoms with Gasteiger partial charge < -0.3 is 19.8 Å². The lowest BCUT2D eigenvalue weighted by Crippen LogP contribution is -2.20. The molecule has 0 amide bonds. The van der Waals surface area contributed by atoms with Crippen molar-refractivity contribution >= 4 is 5.69 Å². The van der Waals surface area contributed by atoms with Gasteiger partial charge >= 0.3 is 0 Å². The standard InChI is InChI=1S/C11H15NO3/c1-15-11-3-2-8(6-10(11)14)12-5-4-9(13)7-12/h2-3,6,9,13-14H,4-5,7H2,1H3. The zero-order chi connectivity index (χ0) is 10.8. The first-order chi connectivity index (χ1) is 7.20. The minimum atomic E-state index is -0.255. The van der Waals surface area contributed by atoms with E-state index in [0.717, 1.165) is 18.7 Å². The summed E-state index contributed by atoms with van der Waals surface area (Å²) in [4.78, 5) is 2.05. The van der Waals surface area contributed by atoms with Crippen LogP contribution in [0.25, 0.3) is 0 Å². The highest BCUT2D eigenvalue weighted by Gasteiger charge is 2.20. The van der Waals surface area contributed by atoms with Gasteiger partial charge in [-0.1, -0.05) is 0 Å². The SMILES string of the molecule is COc1ccc(N2CCC(O)C2)cc1O. The summed E-state index contributed by atoms with van der Waals surface area (Å²) in [5.41, 5.74) is 0.921. The molecule has 0 saturated carbocycles. The number of anilines is 1. The Kier molecular flexibility index (Phi) is 2.68. The zero-order valence-electron chi connectivity index (χ0n) is 8.68. The van der Waals surface area contributed by atoms with Crippen molar-refractivity contribution in [2.24, 2.45) is 0 Å². The van der Waals surface area contributed by atoms with Crippen LogP contribution < -0.4 is 9.64 Å². The second-order valence-electron chi connectivity index (χ2n) is 3.74. The van der Waals surface area contributed by atoms with E-state index in [1.54, 1.807) is 12.1 Å². The average Bonchev–Trinajstić information content (AvgIpc) is 2.65. The quantitative estimate of drug-likeness (QED) is 0.762. The third-order valence-electron chi connectivity index (χ3n) is 2.69. The molecule has 15 heavy (non-hydrogen) atoms. The van der Waals surface area contributed by atoms with Gasteiger partial charge in [-0.05, 0) is 18.6 Å². The monoisotopic (exact) mass is 209 g/mol. The molecule has 1 aliphatic rings. The van der Waals surface area contributed by atoms with E-state index in [1.807, 2.05) is 11.0 Å². The average molecular weight is 209 g/mol. The Morgan fingerprint density at radius 2 is 2.27 bits per heavy atom. The number of nitrogens with zero attached hydrogens (tertiary/aromatic N) is 1. The molecule has 82 valence electrons. The number of aromatic hydroxyl groups is 1. The molecule has 1 aromatic rings. The minimum absolute atomic E-state index is 0.136. The molecule has 1 heterocycles. The molecular weight excluding hydrogens is 194 g/mol. The van der Waals surface area contributed by atoms with Crippen LogP contribution >= 0.6 is 0 Å². The van der Waals surface area contributed by atoms with Crippen molar-refractivity contribution in [2.45, 2.75) is 12.5 Å². The van der Waals surface area contributed by atoms with Crippen LogP contribution in [0.15, 0.2) is 18.2 Å². The third kappa shape index (κ3) is 1.99. The van der Waals surface area contributed by atoms with Gasteiger partial charge in [0.1, 0.15) is 0 Å².